The smallest absolute Gasteiger partial charge is 0.0291 e. The van der Waals surface area contributed by atoms with Crippen molar-refractivity contribution in [2.75, 3.05) is 13.1 Å². The lowest BCUT2D eigenvalue weighted by molar-refractivity contribution is 0.813. The Balaban J connectivity index is 0. The molecule has 64 valence electrons. The van der Waals surface area contributed by atoms with Crippen molar-refractivity contribution in [1.29, 1.82) is 0 Å². The van der Waals surface area contributed by atoms with Crippen LogP contribution >= 0.6 is 0 Å². The van der Waals surface area contributed by atoms with Crippen molar-refractivity contribution in [3.8, 4) is 0 Å². The van der Waals surface area contributed by atoms with E-state index in [0.29, 0.717) is 6.54 Å². The van der Waals surface area contributed by atoms with Gasteiger partial charge in [0.05, 0.1) is 0 Å². The number of hydrogen-bond donors (Lipinski definition) is 2. The maximum Gasteiger partial charge on any atom is 0.0291 e. The van der Waals surface area contributed by atoms with Crippen LogP contribution in [0.15, 0.2) is 37.6 Å². The molecule has 0 heterocycles. The molecule has 0 fully saturated rings. The summed E-state index contributed by atoms with van der Waals surface area (Å²) in [5, 5.41) is 3.09. The Morgan fingerprint density at radius 3 is 2.36 bits per heavy atom. The molecule has 0 saturated heterocycles. The molecule has 0 bridgehead atoms. The van der Waals surface area contributed by atoms with Gasteiger partial charge in [0.2, 0.25) is 0 Å². The molecule has 0 aromatic carbocycles. The fourth-order valence-electron chi connectivity index (χ4n) is 0.509. The first-order valence-corrected chi connectivity index (χ1v) is 3.57. The predicted molar refractivity (Wildman–Crippen MR) is 52.3 cm³/mol. The highest BCUT2D eigenvalue weighted by Gasteiger charge is 1.83. The average Bonchev–Trinajstić information content (AvgIpc) is 2.10. The zero-order chi connectivity index (χ0) is 9.11. The van der Waals surface area contributed by atoms with Gasteiger partial charge in [0.25, 0.3) is 0 Å². The molecule has 0 aliphatic heterocycles. The van der Waals surface area contributed by atoms with Crippen molar-refractivity contribution < 1.29 is 0 Å². The lowest BCUT2D eigenvalue weighted by Gasteiger charge is -2.02. The molecule has 11 heavy (non-hydrogen) atoms. The molecule has 0 spiro atoms. The summed E-state index contributed by atoms with van der Waals surface area (Å²) in [5.74, 6) is 0. The van der Waals surface area contributed by atoms with Crippen molar-refractivity contribution in [3.63, 3.8) is 0 Å². The van der Waals surface area contributed by atoms with Gasteiger partial charge in [-0.1, -0.05) is 12.7 Å². The summed E-state index contributed by atoms with van der Waals surface area (Å²) in [7, 11) is 0. The summed E-state index contributed by atoms with van der Waals surface area (Å²) < 4.78 is 0. The molecule has 0 rings (SSSR count). The number of rotatable bonds is 4. The minimum Gasteiger partial charge on any atom is -0.384 e. The van der Waals surface area contributed by atoms with Crippen LogP contribution in [0.4, 0.5) is 0 Å². The predicted octanol–water partition coefficient (Wildman–Crippen LogP) is 1.43. The van der Waals surface area contributed by atoms with Gasteiger partial charge in [-0.15, -0.1) is 13.2 Å². The van der Waals surface area contributed by atoms with Crippen LogP contribution in [0.1, 0.15) is 6.92 Å². The van der Waals surface area contributed by atoms with Gasteiger partial charge in [-0.3, -0.25) is 0 Å². The highest BCUT2D eigenvalue weighted by atomic mass is 14.9. The van der Waals surface area contributed by atoms with E-state index in [1.165, 1.54) is 0 Å². The molecule has 0 aliphatic carbocycles. The minimum absolute atomic E-state index is 0.658. The molecular weight excluding hydrogens is 136 g/mol. The van der Waals surface area contributed by atoms with Crippen molar-refractivity contribution in [2.45, 2.75) is 6.92 Å². The van der Waals surface area contributed by atoms with E-state index in [1.807, 2.05) is 13.0 Å². The Morgan fingerprint density at radius 2 is 2.09 bits per heavy atom. The highest BCUT2D eigenvalue weighted by molar-refractivity contribution is 5.12. The van der Waals surface area contributed by atoms with Crippen LogP contribution in [-0.4, -0.2) is 13.1 Å². The van der Waals surface area contributed by atoms with E-state index in [1.54, 1.807) is 6.08 Å². The van der Waals surface area contributed by atoms with Crippen LogP contribution in [0.25, 0.3) is 0 Å². The number of allylic oxidation sites excluding steroid dienone is 2. The van der Waals surface area contributed by atoms with Crippen LogP contribution in [0.5, 0.6) is 0 Å². The highest BCUT2D eigenvalue weighted by Crippen LogP contribution is 1.85. The molecule has 0 amide bonds. The maximum atomic E-state index is 5.26. The normalized spacial score (nSPS) is 9.45. The van der Waals surface area contributed by atoms with Crippen LogP contribution in [0, 0.1) is 0 Å². The molecule has 0 radical (unpaired) electrons. The van der Waals surface area contributed by atoms with Crippen molar-refractivity contribution in [2.24, 2.45) is 5.73 Å². The van der Waals surface area contributed by atoms with E-state index in [4.69, 9.17) is 5.73 Å². The van der Waals surface area contributed by atoms with E-state index in [-0.39, 0.29) is 0 Å². The average molecular weight is 154 g/mol. The fourth-order valence-corrected chi connectivity index (χ4v) is 0.509. The molecule has 2 heteroatoms. The Hall–Kier alpha value is -1.02. The summed E-state index contributed by atoms with van der Waals surface area (Å²) in [6.07, 6.45) is 3.73. The lowest BCUT2D eigenvalue weighted by Crippen LogP contribution is -2.20. The van der Waals surface area contributed by atoms with Crippen molar-refractivity contribution >= 4 is 0 Å². The van der Waals surface area contributed by atoms with Gasteiger partial charge in [-0.05, 0) is 13.0 Å². The number of nitrogens with one attached hydrogen (secondary N) is 1. The second-order valence-corrected chi connectivity index (χ2v) is 1.66. The van der Waals surface area contributed by atoms with Crippen LogP contribution in [0.3, 0.4) is 0 Å². The van der Waals surface area contributed by atoms with Gasteiger partial charge in [0.15, 0.2) is 0 Å². The second kappa shape index (κ2) is 11.7. The zero-order valence-corrected chi connectivity index (χ0v) is 7.27. The molecule has 0 unspecified atom stereocenters. The topological polar surface area (TPSA) is 38.0 Å². The van der Waals surface area contributed by atoms with Crippen LogP contribution in [-0.2, 0) is 0 Å². The summed E-state index contributed by atoms with van der Waals surface area (Å²) in [4.78, 5) is 0. The van der Waals surface area contributed by atoms with Gasteiger partial charge in [-0.2, -0.15) is 0 Å². The van der Waals surface area contributed by atoms with Gasteiger partial charge in [0, 0.05) is 18.8 Å². The third kappa shape index (κ3) is 8.98. The Labute approximate surface area is 69.5 Å². The summed E-state index contributed by atoms with van der Waals surface area (Å²) >= 11 is 0. The van der Waals surface area contributed by atoms with Crippen molar-refractivity contribution in [1.82, 2.24) is 5.32 Å². The zero-order valence-electron chi connectivity index (χ0n) is 7.27. The van der Waals surface area contributed by atoms with E-state index in [9.17, 15) is 0 Å². The molecule has 0 aromatic rings. The first-order chi connectivity index (χ1) is 5.35. The maximum absolute atomic E-state index is 5.26. The Kier molecular flexibility index (Phi) is 13.5. The number of nitrogens with two attached hydrogens (primary N) is 1. The summed E-state index contributed by atoms with van der Waals surface area (Å²) in [6.45, 7) is 13.0. The SMILES string of the molecule is C=C.C=C/C(=C\C)NCCN. The molecule has 0 aliphatic rings. The second-order valence-electron chi connectivity index (χ2n) is 1.66. The largest absolute Gasteiger partial charge is 0.384 e. The number of hydrogen-bond acceptors (Lipinski definition) is 2. The Morgan fingerprint density at radius 1 is 1.55 bits per heavy atom. The molecule has 0 atom stereocenters. The molecular formula is C9H18N2. The summed E-state index contributed by atoms with van der Waals surface area (Å²) in [6, 6.07) is 0. The molecule has 0 aromatic heterocycles. The van der Waals surface area contributed by atoms with Crippen LogP contribution < -0.4 is 11.1 Å². The van der Waals surface area contributed by atoms with Gasteiger partial charge in [-0.25, -0.2) is 0 Å². The van der Waals surface area contributed by atoms with Crippen LogP contribution in [0.2, 0.25) is 0 Å². The van der Waals surface area contributed by atoms with Gasteiger partial charge < -0.3 is 11.1 Å². The molecule has 0 saturated carbocycles. The van der Waals surface area contributed by atoms with E-state index >= 15 is 0 Å². The molecule has 2 nitrogen and oxygen atoms in total. The van der Waals surface area contributed by atoms with Gasteiger partial charge >= 0.3 is 0 Å². The van der Waals surface area contributed by atoms with Gasteiger partial charge in [0.1, 0.15) is 0 Å². The first-order valence-electron chi connectivity index (χ1n) is 3.57. The standard InChI is InChI=1S/C7H14N2.C2H4/c1-3-7(4-2)9-6-5-8;1-2/h3-4,9H,1,5-6,8H2,2H3;1-2H2/b7-4+;. The summed E-state index contributed by atoms with van der Waals surface area (Å²) in [5.41, 5.74) is 6.30. The monoisotopic (exact) mass is 154 g/mol. The fraction of sp³-hybridized carbons (Fsp3) is 0.333. The van der Waals surface area contributed by atoms with E-state index in [0.717, 1.165) is 12.2 Å². The quantitative estimate of drug-likeness (QED) is 0.475. The Bertz CT molecular complexity index is 117. The third-order valence-electron chi connectivity index (χ3n) is 1.00. The molecule has 3 N–H and O–H groups in total. The van der Waals surface area contributed by atoms with Crippen molar-refractivity contribution in [3.05, 3.63) is 37.6 Å². The minimum atomic E-state index is 0.658. The van der Waals surface area contributed by atoms with E-state index in [2.05, 4.69) is 25.1 Å². The lowest BCUT2D eigenvalue weighted by atomic mass is 10.4. The first kappa shape index (κ1) is 12.6. The van der Waals surface area contributed by atoms with E-state index < -0.39 is 0 Å². The third-order valence-corrected chi connectivity index (χ3v) is 1.00.